The van der Waals surface area contributed by atoms with Crippen molar-refractivity contribution < 1.29 is 4.74 Å². The van der Waals surface area contributed by atoms with E-state index in [-0.39, 0.29) is 11.5 Å². The Morgan fingerprint density at radius 3 is 2.27 bits per heavy atom. The van der Waals surface area contributed by atoms with E-state index in [9.17, 15) is 0 Å². The fourth-order valence-corrected chi connectivity index (χ4v) is 1.73. The lowest BCUT2D eigenvalue weighted by molar-refractivity contribution is 0.390. The first-order valence-electron chi connectivity index (χ1n) is 5.31. The number of para-hydroxylation sites is 1. The lowest BCUT2D eigenvalue weighted by atomic mass is 9.84. The lowest BCUT2D eigenvalue weighted by Crippen LogP contribution is -2.16. The number of methoxy groups -OCH3 is 1. The van der Waals surface area contributed by atoms with Crippen molar-refractivity contribution in [2.24, 2.45) is 5.73 Å². The molecule has 0 radical (unpaired) electrons. The molecule has 0 aromatic heterocycles. The van der Waals surface area contributed by atoms with Gasteiger partial charge in [-0.15, -0.1) is 0 Å². The van der Waals surface area contributed by atoms with Gasteiger partial charge in [0.15, 0.2) is 0 Å². The number of benzene rings is 1. The van der Waals surface area contributed by atoms with Gasteiger partial charge in [0.05, 0.1) is 7.11 Å². The van der Waals surface area contributed by atoms with Crippen molar-refractivity contribution in [1.29, 1.82) is 0 Å². The van der Waals surface area contributed by atoms with Gasteiger partial charge in [0, 0.05) is 11.6 Å². The first kappa shape index (κ1) is 12.1. The maximum Gasteiger partial charge on any atom is 0.127 e. The summed E-state index contributed by atoms with van der Waals surface area (Å²) in [6, 6.07) is 6.17. The minimum atomic E-state index is 0.00208. The Balaban J connectivity index is 3.35. The molecule has 0 aliphatic heterocycles. The van der Waals surface area contributed by atoms with Crippen LogP contribution in [0, 0.1) is 0 Å². The zero-order chi connectivity index (χ0) is 11.6. The second-order valence-corrected chi connectivity index (χ2v) is 4.97. The molecule has 2 heteroatoms. The van der Waals surface area contributed by atoms with E-state index in [1.165, 1.54) is 5.56 Å². The Morgan fingerprint density at radius 1 is 1.27 bits per heavy atom. The molecule has 0 aliphatic carbocycles. The maximum absolute atomic E-state index is 5.92. The molecule has 0 fully saturated rings. The van der Waals surface area contributed by atoms with Crippen LogP contribution < -0.4 is 10.5 Å². The summed E-state index contributed by atoms with van der Waals surface area (Å²) >= 11 is 0. The van der Waals surface area contributed by atoms with Gasteiger partial charge in [-0.1, -0.05) is 39.0 Å². The molecule has 1 aromatic rings. The van der Waals surface area contributed by atoms with Crippen LogP contribution in [0.15, 0.2) is 18.2 Å². The first-order valence-corrected chi connectivity index (χ1v) is 5.31. The van der Waals surface area contributed by atoms with Crippen molar-refractivity contribution in [2.45, 2.75) is 39.2 Å². The molecule has 84 valence electrons. The summed E-state index contributed by atoms with van der Waals surface area (Å²) in [7, 11) is 1.70. The van der Waals surface area contributed by atoms with Gasteiger partial charge in [-0.3, -0.25) is 0 Å². The highest BCUT2D eigenvalue weighted by Gasteiger charge is 2.21. The van der Waals surface area contributed by atoms with Crippen LogP contribution in [0.5, 0.6) is 5.75 Å². The Labute approximate surface area is 92.4 Å². The third-order valence-electron chi connectivity index (χ3n) is 2.55. The molecule has 0 amide bonds. The molecule has 0 heterocycles. The van der Waals surface area contributed by atoms with Crippen molar-refractivity contribution in [1.82, 2.24) is 0 Å². The topological polar surface area (TPSA) is 35.2 Å². The summed E-state index contributed by atoms with van der Waals surface area (Å²) in [4.78, 5) is 0. The van der Waals surface area contributed by atoms with E-state index in [1.54, 1.807) is 7.11 Å². The fourth-order valence-electron chi connectivity index (χ4n) is 1.73. The molecule has 0 saturated heterocycles. The second-order valence-electron chi connectivity index (χ2n) is 4.97. The number of rotatable bonds is 2. The van der Waals surface area contributed by atoms with Gasteiger partial charge < -0.3 is 10.5 Å². The Morgan fingerprint density at radius 2 is 1.87 bits per heavy atom. The van der Waals surface area contributed by atoms with Crippen molar-refractivity contribution >= 4 is 0 Å². The van der Waals surface area contributed by atoms with Gasteiger partial charge in [-0.2, -0.15) is 0 Å². The highest BCUT2D eigenvalue weighted by molar-refractivity contribution is 5.46. The first-order chi connectivity index (χ1) is 6.88. The van der Waals surface area contributed by atoms with Crippen LogP contribution in [-0.4, -0.2) is 7.11 Å². The third kappa shape index (κ3) is 2.51. The predicted molar refractivity (Wildman–Crippen MR) is 64.3 cm³/mol. The monoisotopic (exact) mass is 207 g/mol. The van der Waals surface area contributed by atoms with Crippen LogP contribution in [0.25, 0.3) is 0 Å². The van der Waals surface area contributed by atoms with Gasteiger partial charge in [0.2, 0.25) is 0 Å². The van der Waals surface area contributed by atoms with Crippen LogP contribution in [0.3, 0.4) is 0 Å². The van der Waals surface area contributed by atoms with Crippen molar-refractivity contribution in [3.8, 4) is 5.75 Å². The molecule has 0 spiro atoms. The standard InChI is InChI=1S/C13H21NO/c1-9(14)10-7-6-8-11(12(10)15-5)13(2,3)4/h6-9H,14H2,1-5H3. The summed E-state index contributed by atoms with van der Waals surface area (Å²) in [5.41, 5.74) is 8.28. The van der Waals surface area contributed by atoms with E-state index >= 15 is 0 Å². The second kappa shape index (κ2) is 4.23. The lowest BCUT2D eigenvalue weighted by Gasteiger charge is -2.24. The summed E-state index contributed by atoms with van der Waals surface area (Å²) in [5.74, 6) is 0.931. The number of hydrogen-bond donors (Lipinski definition) is 1. The highest BCUT2D eigenvalue weighted by Crippen LogP contribution is 2.35. The zero-order valence-electron chi connectivity index (χ0n) is 10.3. The summed E-state index contributed by atoms with van der Waals surface area (Å²) in [5, 5.41) is 0. The largest absolute Gasteiger partial charge is 0.496 e. The molecule has 2 N–H and O–H groups in total. The molecule has 0 saturated carbocycles. The third-order valence-corrected chi connectivity index (χ3v) is 2.55. The summed E-state index contributed by atoms with van der Waals surface area (Å²) in [6.45, 7) is 8.51. The maximum atomic E-state index is 5.92. The zero-order valence-corrected chi connectivity index (χ0v) is 10.3. The number of nitrogens with two attached hydrogens (primary N) is 1. The molecular formula is C13H21NO. The van der Waals surface area contributed by atoms with Gasteiger partial charge in [-0.05, 0) is 17.9 Å². The molecular weight excluding hydrogens is 186 g/mol. The fraction of sp³-hybridized carbons (Fsp3) is 0.538. The normalized spacial score (nSPS) is 13.7. The molecule has 1 atom stereocenters. The van der Waals surface area contributed by atoms with Crippen LogP contribution in [-0.2, 0) is 5.41 Å². The van der Waals surface area contributed by atoms with E-state index in [4.69, 9.17) is 10.5 Å². The minimum Gasteiger partial charge on any atom is -0.496 e. The smallest absolute Gasteiger partial charge is 0.127 e. The summed E-state index contributed by atoms with van der Waals surface area (Å²) < 4.78 is 5.48. The number of ether oxygens (including phenoxy) is 1. The Bertz CT molecular complexity index is 337. The van der Waals surface area contributed by atoms with E-state index < -0.39 is 0 Å². The quantitative estimate of drug-likeness (QED) is 0.809. The average molecular weight is 207 g/mol. The Hall–Kier alpha value is -1.02. The van der Waals surface area contributed by atoms with Crippen LogP contribution in [0.2, 0.25) is 0 Å². The van der Waals surface area contributed by atoms with Crippen molar-refractivity contribution in [3.05, 3.63) is 29.3 Å². The van der Waals surface area contributed by atoms with Crippen LogP contribution in [0.1, 0.15) is 44.9 Å². The Kier molecular flexibility index (Phi) is 3.40. The van der Waals surface area contributed by atoms with Crippen LogP contribution >= 0.6 is 0 Å². The van der Waals surface area contributed by atoms with E-state index in [2.05, 4.69) is 26.8 Å². The van der Waals surface area contributed by atoms with Gasteiger partial charge in [0.1, 0.15) is 5.75 Å². The van der Waals surface area contributed by atoms with E-state index in [0.29, 0.717) is 0 Å². The molecule has 0 aliphatic rings. The molecule has 0 bridgehead atoms. The SMILES string of the molecule is COc1c(C(C)N)cccc1C(C)(C)C. The van der Waals surface area contributed by atoms with Gasteiger partial charge in [-0.25, -0.2) is 0 Å². The molecule has 1 rings (SSSR count). The van der Waals surface area contributed by atoms with Crippen molar-refractivity contribution in [2.75, 3.05) is 7.11 Å². The van der Waals surface area contributed by atoms with Gasteiger partial charge >= 0.3 is 0 Å². The van der Waals surface area contributed by atoms with E-state index in [1.807, 2.05) is 19.1 Å². The molecule has 1 unspecified atom stereocenters. The molecule has 15 heavy (non-hydrogen) atoms. The van der Waals surface area contributed by atoms with Crippen LogP contribution in [0.4, 0.5) is 0 Å². The summed E-state index contributed by atoms with van der Waals surface area (Å²) in [6.07, 6.45) is 0. The predicted octanol–water partition coefficient (Wildman–Crippen LogP) is 3.01. The minimum absolute atomic E-state index is 0.00208. The molecule has 1 aromatic carbocycles. The molecule has 2 nitrogen and oxygen atoms in total. The average Bonchev–Trinajstić information content (AvgIpc) is 2.15. The number of hydrogen-bond acceptors (Lipinski definition) is 2. The van der Waals surface area contributed by atoms with Gasteiger partial charge in [0.25, 0.3) is 0 Å². The van der Waals surface area contributed by atoms with Crippen molar-refractivity contribution in [3.63, 3.8) is 0 Å². The highest BCUT2D eigenvalue weighted by atomic mass is 16.5. The van der Waals surface area contributed by atoms with E-state index in [0.717, 1.165) is 11.3 Å².